The molecule has 4 aromatic rings. The molecule has 0 aromatic heterocycles. The third kappa shape index (κ3) is 6.19. The smallest absolute Gasteiger partial charge is 0.255 e. The Kier molecular flexibility index (Phi) is 8.37. The largest absolute Gasteiger partial charge is 0.394 e. The number of anilines is 3. The first-order valence-electron chi connectivity index (χ1n) is 13.2. The topological polar surface area (TPSA) is 128 Å². The van der Waals surface area contributed by atoms with E-state index in [1.807, 2.05) is 0 Å². The number of aliphatic hydroxyl groups excluding tert-OH is 2. The number of fused-ring (bicyclic) bond motifs is 2. The Morgan fingerprint density at radius 3 is 2.29 bits per heavy atom. The molecule has 4 aromatic carbocycles. The second-order valence-corrected chi connectivity index (χ2v) is 9.88. The van der Waals surface area contributed by atoms with Crippen molar-refractivity contribution in [2.45, 2.75) is 18.9 Å². The van der Waals surface area contributed by atoms with E-state index in [0.717, 1.165) is 5.56 Å². The third-order valence-corrected chi connectivity index (χ3v) is 6.96. The number of hydrogen-bond donors (Lipinski definition) is 5. The maximum absolute atomic E-state index is 14.7. The molecule has 8 nitrogen and oxygen atoms in total. The zero-order valence-electron chi connectivity index (χ0n) is 22.3. The van der Waals surface area contributed by atoms with Gasteiger partial charge in [-0.25, -0.2) is 8.78 Å². The molecule has 10 heteroatoms. The number of halogens is 2. The Labute approximate surface area is 240 Å². The average Bonchev–Trinajstić information content (AvgIpc) is 3.14. The number of amides is 2. The van der Waals surface area contributed by atoms with Crippen LogP contribution in [-0.2, 0) is 12.8 Å². The lowest BCUT2D eigenvalue weighted by molar-refractivity contribution is 0.0802. The Morgan fingerprint density at radius 2 is 1.52 bits per heavy atom. The van der Waals surface area contributed by atoms with Gasteiger partial charge < -0.3 is 26.2 Å². The molecule has 214 valence electrons. The third-order valence-electron chi connectivity index (χ3n) is 6.96. The molecule has 2 amide bonds. The van der Waals surface area contributed by atoms with Crippen molar-refractivity contribution in [3.8, 4) is 0 Å². The molecule has 0 spiro atoms. The van der Waals surface area contributed by atoms with Crippen LogP contribution in [0, 0.1) is 11.6 Å². The maximum Gasteiger partial charge on any atom is 0.255 e. The van der Waals surface area contributed by atoms with E-state index >= 15 is 0 Å². The summed E-state index contributed by atoms with van der Waals surface area (Å²) in [5.74, 6) is -3.08. The summed E-state index contributed by atoms with van der Waals surface area (Å²) in [5, 5.41) is 26.3. The molecule has 0 radical (unpaired) electrons. The Balaban J connectivity index is 1.36. The Morgan fingerprint density at radius 1 is 0.786 bits per heavy atom. The Bertz CT molecular complexity index is 1680. The fraction of sp³-hybridized carbons (Fsp3) is 0.156. The summed E-state index contributed by atoms with van der Waals surface area (Å²) in [6.45, 7) is -0.620. The van der Waals surface area contributed by atoms with E-state index in [4.69, 9.17) is 5.11 Å². The van der Waals surface area contributed by atoms with E-state index in [1.54, 1.807) is 60.7 Å². The average molecular weight is 572 g/mol. The molecule has 0 bridgehead atoms. The monoisotopic (exact) mass is 571 g/mol. The number of nitrogens with one attached hydrogen (secondary N) is 3. The van der Waals surface area contributed by atoms with Crippen LogP contribution in [0.2, 0.25) is 0 Å². The highest BCUT2D eigenvalue weighted by atomic mass is 19.1. The minimum absolute atomic E-state index is 0.0649. The zero-order chi connectivity index (χ0) is 29.8. The van der Waals surface area contributed by atoms with Gasteiger partial charge in [0, 0.05) is 40.6 Å². The standard InChI is InChI=1S/C32H27F2N3O5/c33-26-14-27(34)29(37-32(42)19-4-2-1-3-5-19)15-28(26)36-22-10-11-24-20(12-22)8-6-18-7-9-21(13-25(18)30(24)40)31(41)35-16-23(39)17-38/h1-5,7,9-15,23,36,38-39H,6,8,16-17H2,(H,35,41)(H,37,42). The van der Waals surface area contributed by atoms with Crippen LogP contribution in [0.4, 0.5) is 25.8 Å². The molecule has 1 aliphatic carbocycles. The first kappa shape index (κ1) is 28.6. The van der Waals surface area contributed by atoms with Gasteiger partial charge in [-0.2, -0.15) is 0 Å². The molecular weight excluding hydrogens is 544 g/mol. The highest BCUT2D eigenvalue weighted by Crippen LogP contribution is 2.31. The molecule has 1 aliphatic rings. The van der Waals surface area contributed by atoms with E-state index in [0.29, 0.717) is 46.8 Å². The van der Waals surface area contributed by atoms with Gasteiger partial charge in [0.15, 0.2) is 5.78 Å². The van der Waals surface area contributed by atoms with E-state index in [2.05, 4.69) is 16.0 Å². The molecule has 1 unspecified atom stereocenters. The fourth-order valence-corrected chi connectivity index (χ4v) is 4.72. The van der Waals surface area contributed by atoms with Gasteiger partial charge in [-0.05, 0) is 72.5 Å². The number of aryl methyl sites for hydroxylation is 2. The Hall–Kier alpha value is -4.93. The van der Waals surface area contributed by atoms with Crippen molar-refractivity contribution in [3.63, 3.8) is 0 Å². The van der Waals surface area contributed by atoms with Gasteiger partial charge in [0.1, 0.15) is 11.6 Å². The van der Waals surface area contributed by atoms with Crippen LogP contribution in [0.25, 0.3) is 0 Å². The molecule has 5 N–H and O–H groups in total. The minimum Gasteiger partial charge on any atom is -0.394 e. The molecule has 5 rings (SSSR count). The van der Waals surface area contributed by atoms with Crippen molar-refractivity contribution < 1.29 is 33.4 Å². The summed E-state index contributed by atoms with van der Waals surface area (Å²) < 4.78 is 29.2. The molecular formula is C32H27F2N3O5. The number of ketones is 1. The van der Waals surface area contributed by atoms with E-state index in [9.17, 15) is 28.3 Å². The van der Waals surface area contributed by atoms with Crippen LogP contribution in [0.5, 0.6) is 0 Å². The molecule has 1 atom stereocenters. The van der Waals surface area contributed by atoms with Crippen molar-refractivity contribution >= 4 is 34.7 Å². The molecule has 0 saturated carbocycles. The van der Waals surface area contributed by atoms with Gasteiger partial charge in [-0.1, -0.05) is 24.3 Å². The van der Waals surface area contributed by atoms with Gasteiger partial charge in [0.25, 0.3) is 11.8 Å². The van der Waals surface area contributed by atoms with Crippen LogP contribution in [0.15, 0.2) is 78.9 Å². The first-order valence-corrected chi connectivity index (χ1v) is 13.2. The predicted molar refractivity (Wildman–Crippen MR) is 153 cm³/mol. The van der Waals surface area contributed by atoms with Crippen molar-refractivity contribution in [2.75, 3.05) is 23.8 Å². The number of carbonyl (C=O) groups is 3. The quantitative estimate of drug-likeness (QED) is 0.214. The van der Waals surface area contributed by atoms with Gasteiger partial charge in [0.05, 0.1) is 24.1 Å². The normalized spacial score (nSPS) is 12.9. The van der Waals surface area contributed by atoms with Crippen molar-refractivity contribution in [2.24, 2.45) is 0 Å². The molecule has 0 fully saturated rings. The molecule has 0 aliphatic heterocycles. The molecule has 42 heavy (non-hydrogen) atoms. The minimum atomic E-state index is -1.09. The summed E-state index contributed by atoms with van der Waals surface area (Å²) in [6, 6.07) is 19.8. The van der Waals surface area contributed by atoms with E-state index in [-0.39, 0.29) is 29.3 Å². The summed E-state index contributed by atoms with van der Waals surface area (Å²) in [7, 11) is 0. The number of aliphatic hydroxyl groups is 2. The number of rotatable bonds is 8. The number of carbonyl (C=O) groups excluding carboxylic acids is 3. The van der Waals surface area contributed by atoms with Gasteiger partial charge in [-0.3, -0.25) is 14.4 Å². The van der Waals surface area contributed by atoms with E-state index < -0.39 is 36.2 Å². The van der Waals surface area contributed by atoms with Crippen LogP contribution < -0.4 is 16.0 Å². The number of hydrogen-bond acceptors (Lipinski definition) is 6. The van der Waals surface area contributed by atoms with Gasteiger partial charge in [-0.15, -0.1) is 0 Å². The van der Waals surface area contributed by atoms with Crippen LogP contribution in [0.3, 0.4) is 0 Å². The first-order chi connectivity index (χ1) is 20.2. The van der Waals surface area contributed by atoms with Gasteiger partial charge >= 0.3 is 0 Å². The SMILES string of the molecule is O=C(NCC(O)CO)c1ccc2c(c1)C(=O)c1ccc(Nc3cc(NC(=O)c4ccccc4)c(F)cc3F)cc1CC2. The lowest BCUT2D eigenvalue weighted by Gasteiger charge is -2.14. The van der Waals surface area contributed by atoms with E-state index in [1.165, 1.54) is 12.1 Å². The lowest BCUT2D eigenvalue weighted by atomic mass is 9.96. The maximum atomic E-state index is 14.7. The fourth-order valence-electron chi connectivity index (χ4n) is 4.72. The van der Waals surface area contributed by atoms with Crippen LogP contribution in [-0.4, -0.2) is 47.1 Å². The van der Waals surface area contributed by atoms with Gasteiger partial charge in [0.2, 0.25) is 0 Å². The summed E-state index contributed by atoms with van der Waals surface area (Å²) >= 11 is 0. The molecule has 0 saturated heterocycles. The predicted octanol–water partition coefficient (Wildman–Crippen LogP) is 4.37. The summed E-state index contributed by atoms with van der Waals surface area (Å²) in [4.78, 5) is 38.5. The summed E-state index contributed by atoms with van der Waals surface area (Å²) in [6.07, 6.45) is -0.0696. The van der Waals surface area contributed by atoms with Crippen LogP contribution in [0.1, 0.15) is 47.8 Å². The van der Waals surface area contributed by atoms with Crippen molar-refractivity contribution in [3.05, 3.63) is 124 Å². The second-order valence-electron chi connectivity index (χ2n) is 9.88. The van der Waals surface area contributed by atoms with Crippen LogP contribution >= 0.6 is 0 Å². The lowest BCUT2D eigenvalue weighted by Crippen LogP contribution is -2.34. The highest BCUT2D eigenvalue weighted by molar-refractivity contribution is 6.12. The van der Waals surface area contributed by atoms with Crippen molar-refractivity contribution in [1.82, 2.24) is 5.32 Å². The zero-order valence-corrected chi connectivity index (χ0v) is 22.3. The molecule has 0 heterocycles. The number of benzene rings is 4. The highest BCUT2D eigenvalue weighted by Gasteiger charge is 2.23. The second kappa shape index (κ2) is 12.3. The van der Waals surface area contributed by atoms with Crippen molar-refractivity contribution in [1.29, 1.82) is 0 Å². The summed E-state index contributed by atoms with van der Waals surface area (Å²) in [5.41, 5.74) is 3.05.